The number of ether oxygens (including phenoxy) is 2. The standard InChI is InChI=1S/C33H34FN3O4/c1-40-26-17-20-29(30(21-26)41-2)37(33(39)28-19-18-27(36-28)22-9-5-3-6-10-22)31(23-13-15-24(34)16-14-23)32(38)35-25-11-7-4-8-12-25/h3,5-6,9-10,13-21,25,31,36H,4,7-8,11-12H2,1-2H3,(H,35,38)/t31-/m0/s1. The van der Waals surface area contributed by atoms with Crippen LogP contribution in [0.4, 0.5) is 10.1 Å². The number of nitrogens with zero attached hydrogens (tertiary/aromatic N) is 1. The summed E-state index contributed by atoms with van der Waals surface area (Å²) in [7, 11) is 3.04. The first-order chi connectivity index (χ1) is 20.0. The van der Waals surface area contributed by atoms with E-state index in [2.05, 4.69) is 10.3 Å². The minimum absolute atomic E-state index is 0.00378. The molecular weight excluding hydrogens is 521 g/mol. The zero-order valence-electron chi connectivity index (χ0n) is 23.2. The van der Waals surface area contributed by atoms with Gasteiger partial charge in [0.1, 0.15) is 29.1 Å². The number of aromatic nitrogens is 1. The Balaban J connectivity index is 1.63. The van der Waals surface area contributed by atoms with Crippen molar-refractivity contribution in [3.63, 3.8) is 0 Å². The Morgan fingerprint density at radius 3 is 2.32 bits per heavy atom. The van der Waals surface area contributed by atoms with Gasteiger partial charge in [-0.3, -0.25) is 14.5 Å². The van der Waals surface area contributed by atoms with Crippen molar-refractivity contribution >= 4 is 17.5 Å². The highest BCUT2D eigenvalue weighted by Crippen LogP contribution is 2.39. The van der Waals surface area contributed by atoms with Crippen LogP contribution in [0, 0.1) is 5.82 Å². The van der Waals surface area contributed by atoms with Crippen molar-refractivity contribution in [1.29, 1.82) is 0 Å². The monoisotopic (exact) mass is 555 g/mol. The molecule has 0 saturated heterocycles. The van der Waals surface area contributed by atoms with Gasteiger partial charge in [-0.25, -0.2) is 4.39 Å². The number of hydrogen-bond donors (Lipinski definition) is 2. The second-order valence-corrected chi connectivity index (χ2v) is 10.2. The average Bonchev–Trinajstić information content (AvgIpc) is 3.51. The van der Waals surface area contributed by atoms with Crippen molar-refractivity contribution in [3.8, 4) is 22.8 Å². The Labute approximate surface area is 239 Å². The van der Waals surface area contributed by atoms with Gasteiger partial charge < -0.3 is 19.8 Å². The Morgan fingerprint density at radius 2 is 1.63 bits per heavy atom. The summed E-state index contributed by atoms with van der Waals surface area (Å²) < 4.78 is 25.1. The number of amides is 2. The van der Waals surface area contributed by atoms with E-state index in [0.29, 0.717) is 28.4 Å². The van der Waals surface area contributed by atoms with Crippen molar-refractivity contribution < 1.29 is 23.5 Å². The molecule has 4 aromatic rings. The van der Waals surface area contributed by atoms with Gasteiger partial charge in [-0.1, -0.05) is 61.7 Å². The molecule has 1 aromatic heterocycles. The van der Waals surface area contributed by atoms with E-state index in [-0.39, 0.29) is 11.9 Å². The lowest BCUT2D eigenvalue weighted by atomic mass is 9.94. The summed E-state index contributed by atoms with van der Waals surface area (Å²) in [5.41, 5.74) is 2.83. The smallest absolute Gasteiger partial charge is 0.275 e. The number of carbonyl (C=O) groups excluding carboxylic acids is 2. The molecule has 1 heterocycles. The summed E-state index contributed by atoms with van der Waals surface area (Å²) in [6.45, 7) is 0. The predicted octanol–water partition coefficient (Wildman–Crippen LogP) is 6.68. The second-order valence-electron chi connectivity index (χ2n) is 10.2. The summed E-state index contributed by atoms with van der Waals surface area (Å²) >= 11 is 0. The molecule has 5 rings (SSSR count). The van der Waals surface area contributed by atoms with Gasteiger partial charge in [0.2, 0.25) is 5.91 Å². The van der Waals surface area contributed by atoms with Gasteiger partial charge in [-0.2, -0.15) is 0 Å². The van der Waals surface area contributed by atoms with Gasteiger partial charge in [0.15, 0.2) is 0 Å². The van der Waals surface area contributed by atoms with E-state index >= 15 is 0 Å². The first-order valence-electron chi connectivity index (χ1n) is 13.8. The van der Waals surface area contributed by atoms with E-state index in [9.17, 15) is 14.0 Å². The summed E-state index contributed by atoms with van der Waals surface area (Å²) in [5.74, 6) is -0.329. The van der Waals surface area contributed by atoms with E-state index in [1.165, 1.54) is 24.1 Å². The number of H-pyrrole nitrogens is 1. The summed E-state index contributed by atoms with van der Waals surface area (Å²) in [6, 6.07) is 22.9. The molecule has 2 amide bonds. The van der Waals surface area contributed by atoms with Crippen LogP contribution in [-0.4, -0.2) is 37.1 Å². The zero-order chi connectivity index (χ0) is 28.8. The van der Waals surface area contributed by atoms with Gasteiger partial charge in [0.05, 0.1) is 19.9 Å². The van der Waals surface area contributed by atoms with Crippen molar-refractivity contribution in [1.82, 2.24) is 10.3 Å². The quantitative estimate of drug-likeness (QED) is 0.242. The summed E-state index contributed by atoms with van der Waals surface area (Å²) in [5, 5.41) is 3.18. The second kappa shape index (κ2) is 12.7. The largest absolute Gasteiger partial charge is 0.497 e. The number of benzene rings is 3. The fourth-order valence-corrected chi connectivity index (χ4v) is 5.38. The van der Waals surface area contributed by atoms with Crippen molar-refractivity contribution in [2.75, 3.05) is 19.1 Å². The molecule has 1 saturated carbocycles. The van der Waals surface area contributed by atoms with Crippen molar-refractivity contribution in [2.45, 2.75) is 44.2 Å². The van der Waals surface area contributed by atoms with Crippen LogP contribution in [-0.2, 0) is 4.79 Å². The summed E-state index contributed by atoms with van der Waals surface area (Å²) in [6.07, 6.45) is 4.95. The van der Waals surface area contributed by atoms with E-state index in [1.54, 1.807) is 43.5 Å². The molecule has 212 valence electrons. The van der Waals surface area contributed by atoms with Gasteiger partial charge >= 0.3 is 0 Å². The number of aromatic amines is 1. The van der Waals surface area contributed by atoms with E-state index in [0.717, 1.165) is 43.4 Å². The maximum Gasteiger partial charge on any atom is 0.275 e. The molecule has 41 heavy (non-hydrogen) atoms. The molecule has 3 aromatic carbocycles. The third-order valence-electron chi connectivity index (χ3n) is 7.51. The van der Waals surface area contributed by atoms with Gasteiger partial charge in [0.25, 0.3) is 5.91 Å². The fourth-order valence-electron chi connectivity index (χ4n) is 5.38. The number of nitrogens with one attached hydrogen (secondary N) is 2. The molecule has 7 nitrogen and oxygen atoms in total. The average molecular weight is 556 g/mol. The molecule has 0 radical (unpaired) electrons. The highest BCUT2D eigenvalue weighted by Gasteiger charge is 2.36. The number of anilines is 1. The number of rotatable bonds is 9. The lowest BCUT2D eigenvalue weighted by Gasteiger charge is -2.34. The number of carbonyl (C=O) groups is 2. The molecule has 0 unspecified atom stereocenters. The zero-order valence-corrected chi connectivity index (χ0v) is 23.2. The van der Waals surface area contributed by atoms with Crippen LogP contribution in [0.15, 0.2) is 84.9 Å². The molecule has 1 aliphatic rings. The number of halogens is 1. The maximum absolute atomic E-state index is 14.4. The van der Waals surface area contributed by atoms with Gasteiger partial charge in [-0.15, -0.1) is 0 Å². The summed E-state index contributed by atoms with van der Waals surface area (Å²) in [4.78, 5) is 33.2. The van der Waals surface area contributed by atoms with Crippen LogP contribution >= 0.6 is 0 Å². The van der Waals surface area contributed by atoms with Crippen LogP contribution in [0.3, 0.4) is 0 Å². The minimum atomic E-state index is -1.10. The third-order valence-corrected chi connectivity index (χ3v) is 7.51. The van der Waals surface area contributed by atoms with Crippen LogP contribution in [0.25, 0.3) is 11.3 Å². The fraction of sp³-hybridized carbons (Fsp3) is 0.273. The van der Waals surface area contributed by atoms with Crippen LogP contribution in [0.1, 0.15) is 54.2 Å². The lowest BCUT2D eigenvalue weighted by Crippen LogP contribution is -2.47. The minimum Gasteiger partial charge on any atom is -0.497 e. The third kappa shape index (κ3) is 6.27. The number of hydrogen-bond acceptors (Lipinski definition) is 4. The Kier molecular flexibility index (Phi) is 8.67. The maximum atomic E-state index is 14.4. The van der Waals surface area contributed by atoms with E-state index in [1.807, 2.05) is 36.4 Å². The molecule has 0 bridgehead atoms. The lowest BCUT2D eigenvalue weighted by molar-refractivity contribution is -0.123. The number of methoxy groups -OCH3 is 2. The Bertz CT molecular complexity index is 1480. The first kappa shape index (κ1) is 28.0. The van der Waals surface area contributed by atoms with Crippen LogP contribution in [0.5, 0.6) is 11.5 Å². The van der Waals surface area contributed by atoms with E-state index in [4.69, 9.17) is 9.47 Å². The Hall–Kier alpha value is -4.59. The molecule has 0 spiro atoms. The Morgan fingerprint density at radius 1 is 0.902 bits per heavy atom. The highest BCUT2D eigenvalue weighted by molar-refractivity contribution is 6.10. The molecule has 8 heteroatoms. The molecule has 2 N–H and O–H groups in total. The van der Waals surface area contributed by atoms with Crippen LogP contribution in [0.2, 0.25) is 0 Å². The molecule has 1 atom stereocenters. The van der Waals surface area contributed by atoms with E-state index < -0.39 is 17.8 Å². The molecule has 0 aliphatic heterocycles. The highest BCUT2D eigenvalue weighted by atomic mass is 19.1. The van der Waals surface area contributed by atoms with Crippen molar-refractivity contribution in [2.24, 2.45) is 0 Å². The molecule has 1 fully saturated rings. The van der Waals surface area contributed by atoms with Crippen molar-refractivity contribution in [3.05, 3.63) is 102 Å². The van der Waals surface area contributed by atoms with Gasteiger partial charge in [0, 0.05) is 17.8 Å². The first-order valence-corrected chi connectivity index (χ1v) is 13.8. The van der Waals surface area contributed by atoms with Crippen LogP contribution < -0.4 is 19.7 Å². The topological polar surface area (TPSA) is 83.7 Å². The van der Waals surface area contributed by atoms with Gasteiger partial charge in [-0.05, 0) is 60.4 Å². The SMILES string of the molecule is COc1ccc(N(C(=O)c2ccc(-c3ccccc3)[nH]2)[C@H](C(=O)NC2CCCCC2)c2ccc(F)cc2)c(OC)c1. The normalized spacial score (nSPS) is 14.2. The molecule has 1 aliphatic carbocycles. The molecular formula is C33H34FN3O4. The predicted molar refractivity (Wildman–Crippen MR) is 157 cm³/mol.